The molecule has 2 saturated heterocycles. The molecule has 3 rings (SSSR count). The van der Waals surface area contributed by atoms with E-state index in [1.165, 1.54) is 5.56 Å². The number of amides is 1. The molecule has 6 heteroatoms. The Labute approximate surface area is 149 Å². The second kappa shape index (κ2) is 8.30. The van der Waals surface area contributed by atoms with Crippen molar-refractivity contribution >= 4 is 17.5 Å². The number of morpholine rings is 1. The summed E-state index contributed by atoms with van der Waals surface area (Å²) in [5, 5.41) is 0.788. The highest BCUT2D eigenvalue weighted by molar-refractivity contribution is 6.30. The second-order valence-corrected chi connectivity index (χ2v) is 6.99. The van der Waals surface area contributed by atoms with Crippen LogP contribution in [0.5, 0.6) is 0 Å². The molecule has 1 aromatic rings. The van der Waals surface area contributed by atoms with Gasteiger partial charge in [0.05, 0.1) is 19.3 Å². The van der Waals surface area contributed by atoms with Gasteiger partial charge in [0.1, 0.15) is 0 Å². The van der Waals surface area contributed by atoms with Gasteiger partial charge in [0.25, 0.3) is 0 Å². The van der Waals surface area contributed by atoms with Crippen molar-refractivity contribution in [2.75, 3.05) is 52.5 Å². The van der Waals surface area contributed by atoms with Crippen LogP contribution in [-0.2, 0) is 16.1 Å². The molecule has 1 amide bonds. The van der Waals surface area contributed by atoms with Crippen LogP contribution in [0.4, 0.5) is 0 Å². The van der Waals surface area contributed by atoms with Gasteiger partial charge >= 0.3 is 0 Å². The second-order valence-electron chi connectivity index (χ2n) is 6.56. The van der Waals surface area contributed by atoms with E-state index in [1.807, 2.05) is 30.0 Å². The number of hydrogen-bond acceptors (Lipinski definition) is 4. The Morgan fingerprint density at radius 2 is 1.88 bits per heavy atom. The van der Waals surface area contributed by atoms with Gasteiger partial charge in [-0.3, -0.25) is 14.6 Å². The minimum absolute atomic E-state index is 0.0450. The van der Waals surface area contributed by atoms with Crippen molar-refractivity contribution in [2.24, 2.45) is 0 Å². The van der Waals surface area contributed by atoms with E-state index in [0.29, 0.717) is 13.2 Å². The average Bonchev–Trinajstić information content (AvgIpc) is 2.62. The molecule has 0 radical (unpaired) electrons. The van der Waals surface area contributed by atoms with Crippen molar-refractivity contribution in [2.45, 2.75) is 19.5 Å². The molecular formula is C18H26ClN3O2. The first-order valence-electron chi connectivity index (χ1n) is 8.71. The molecule has 2 aliphatic heterocycles. The van der Waals surface area contributed by atoms with Crippen LogP contribution in [0, 0.1) is 0 Å². The summed E-state index contributed by atoms with van der Waals surface area (Å²) in [5.74, 6) is 0.238. The van der Waals surface area contributed by atoms with Gasteiger partial charge in [0.15, 0.2) is 0 Å². The number of carbonyl (C=O) groups excluding carboxylic acids is 1. The summed E-state index contributed by atoms with van der Waals surface area (Å²) in [6, 6.07) is 8.00. The molecule has 24 heavy (non-hydrogen) atoms. The van der Waals surface area contributed by atoms with Crippen molar-refractivity contribution in [3.05, 3.63) is 34.9 Å². The number of halogens is 1. The molecule has 0 N–H and O–H groups in total. The molecule has 0 aromatic heterocycles. The largest absolute Gasteiger partial charge is 0.378 e. The summed E-state index contributed by atoms with van der Waals surface area (Å²) in [4.78, 5) is 19.3. The first kappa shape index (κ1) is 17.7. The third-order valence-corrected chi connectivity index (χ3v) is 5.17. The molecule has 2 heterocycles. The van der Waals surface area contributed by atoms with Gasteiger partial charge in [-0.25, -0.2) is 0 Å². The normalized spacial score (nSPS) is 21.7. The molecule has 132 valence electrons. The number of nitrogens with zero attached hydrogens (tertiary/aromatic N) is 3. The summed E-state index contributed by atoms with van der Waals surface area (Å²) < 4.78 is 5.33. The standard InChI is InChI=1S/C18H26ClN3O2/c1-15(18(23)22-9-11-24-12-10-22)21-7-5-20(6-8-21)14-16-3-2-4-17(19)13-16/h2-4,13,15H,5-12,14H2,1H3. The highest BCUT2D eigenvalue weighted by atomic mass is 35.5. The predicted octanol–water partition coefficient (Wildman–Crippen LogP) is 1.70. The average molecular weight is 352 g/mol. The van der Waals surface area contributed by atoms with E-state index in [9.17, 15) is 4.79 Å². The van der Waals surface area contributed by atoms with Gasteiger partial charge in [0.2, 0.25) is 5.91 Å². The van der Waals surface area contributed by atoms with Crippen molar-refractivity contribution < 1.29 is 9.53 Å². The zero-order chi connectivity index (χ0) is 16.9. The molecule has 1 aromatic carbocycles. The van der Waals surface area contributed by atoms with Crippen LogP contribution in [0.2, 0.25) is 5.02 Å². The van der Waals surface area contributed by atoms with E-state index in [4.69, 9.17) is 16.3 Å². The highest BCUT2D eigenvalue weighted by Crippen LogP contribution is 2.15. The Morgan fingerprint density at radius 3 is 2.54 bits per heavy atom. The Kier molecular flexibility index (Phi) is 6.11. The predicted molar refractivity (Wildman–Crippen MR) is 95.2 cm³/mol. The van der Waals surface area contributed by atoms with E-state index < -0.39 is 0 Å². The Balaban J connectivity index is 1.48. The van der Waals surface area contributed by atoms with Gasteiger partial charge < -0.3 is 9.64 Å². The van der Waals surface area contributed by atoms with Crippen LogP contribution in [-0.4, -0.2) is 79.1 Å². The fraction of sp³-hybridized carbons (Fsp3) is 0.611. The lowest BCUT2D eigenvalue weighted by atomic mass is 10.1. The van der Waals surface area contributed by atoms with Crippen LogP contribution < -0.4 is 0 Å². The van der Waals surface area contributed by atoms with Gasteiger partial charge in [-0.1, -0.05) is 23.7 Å². The van der Waals surface area contributed by atoms with Gasteiger partial charge in [-0.15, -0.1) is 0 Å². The zero-order valence-corrected chi connectivity index (χ0v) is 15.0. The number of piperazine rings is 1. The number of hydrogen-bond donors (Lipinski definition) is 0. The minimum atomic E-state index is -0.0450. The van der Waals surface area contributed by atoms with Crippen LogP contribution in [0.1, 0.15) is 12.5 Å². The van der Waals surface area contributed by atoms with Gasteiger partial charge in [-0.2, -0.15) is 0 Å². The van der Waals surface area contributed by atoms with Crippen molar-refractivity contribution in [1.82, 2.24) is 14.7 Å². The lowest BCUT2D eigenvalue weighted by Gasteiger charge is -2.39. The van der Waals surface area contributed by atoms with E-state index in [0.717, 1.165) is 50.8 Å². The quantitative estimate of drug-likeness (QED) is 0.827. The first-order chi connectivity index (χ1) is 11.6. The van der Waals surface area contributed by atoms with E-state index >= 15 is 0 Å². The number of benzene rings is 1. The van der Waals surface area contributed by atoms with Gasteiger partial charge in [-0.05, 0) is 24.6 Å². The molecule has 0 aliphatic carbocycles. The topological polar surface area (TPSA) is 36.0 Å². The smallest absolute Gasteiger partial charge is 0.239 e. The summed E-state index contributed by atoms with van der Waals surface area (Å²) >= 11 is 6.06. The molecule has 2 aliphatic rings. The lowest BCUT2D eigenvalue weighted by Crippen LogP contribution is -2.55. The van der Waals surface area contributed by atoms with Crippen molar-refractivity contribution in [3.63, 3.8) is 0 Å². The maximum atomic E-state index is 12.6. The maximum Gasteiger partial charge on any atom is 0.239 e. The number of ether oxygens (including phenoxy) is 1. The molecule has 0 spiro atoms. The SMILES string of the molecule is CC(C(=O)N1CCOCC1)N1CCN(Cc2cccc(Cl)c2)CC1. The number of carbonyl (C=O) groups is 1. The van der Waals surface area contributed by atoms with Crippen LogP contribution in [0.15, 0.2) is 24.3 Å². The molecular weight excluding hydrogens is 326 g/mol. The Hall–Kier alpha value is -1.14. The Bertz CT molecular complexity index is 555. The minimum Gasteiger partial charge on any atom is -0.378 e. The van der Waals surface area contributed by atoms with Crippen LogP contribution in [0.25, 0.3) is 0 Å². The monoisotopic (exact) mass is 351 g/mol. The van der Waals surface area contributed by atoms with E-state index in [2.05, 4.69) is 15.9 Å². The summed E-state index contributed by atoms with van der Waals surface area (Å²) in [6.07, 6.45) is 0. The van der Waals surface area contributed by atoms with E-state index in [1.54, 1.807) is 0 Å². The molecule has 1 unspecified atom stereocenters. The summed E-state index contributed by atoms with van der Waals surface area (Å²) in [6.45, 7) is 9.52. The zero-order valence-electron chi connectivity index (χ0n) is 14.3. The molecule has 1 atom stereocenters. The first-order valence-corrected chi connectivity index (χ1v) is 9.08. The number of rotatable bonds is 4. The lowest BCUT2D eigenvalue weighted by molar-refractivity contribution is -0.141. The molecule has 5 nitrogen and oxygen atoms in total. The molecule has 0 bridgehead atoms. The van der Waals surface area contributed by atoms with Crippen molar-refractivity contribution in [3.8, 4) is 0 Å². The van der Waals surface area contributed by atoms with E-state index in [-0.39, 0.29) is 11.9 Å². The summed E-state index contributed by atoms with van der Waals surface area (Å²) in [7, 11) is 0. The summed E-state index contributed by atoms with van der Waals surface area (Å²) in [5.41, 5.74) is 1.24. The Morgan fingerprint density at radius 1 is 1.17 bits per heavy atom. The fourth-order valence-electron chi connectivity index (χ4n) is 3.41. The third kappa shape index (κ3) is 4.48. The molecule has 0 saturated carbocycles. The third-order valence-electron chi connectivity index (χ3n) is 4.93. The van der Waals surface area contributed by atoms with Crippen LogP contribution >= 0.6 is 11.6 Å². The van der Waals surface area contributed by atoms with Gasteiger partial charge in [0, 0.05) is 50.8 Å². The fourth-order valence-corrected chi connectivity index (χ4v) is 3.62. The van der Waals surface area contributed by atoms with Crippen molar-refractivity contribution in [1.29, 1.82) is 0 Å². The molecule has 2 fully saturated rings. The van der Waals surface area contributed by atoms with Crippen LogP contribution in [0.3, 0.4) is 0 Å². The maximum absolute atomic E-state index is 12.6. The highest BCUT2D eigenvalue weighted by Gasteiger charge is 2.29.